The Morgan fingerprint density at radius 1 is 1.41 bits per heavy atom. The summed E-state index contributed by atoms with van der Waals surface area (Å²) in [6, 6.07) is 0. The van der Waals surface area contributed by atoms with Crippen LogP contribution in [0.2, 0.25) is 0 Å². The number of imidazole rings is 1. The van der Waals surface area contributed by atoms with Gasteiger partial charge in [0, 0.05) is 26.2 Å². The molecule has 1 amide bonds. The van der Waals surface area contributed by atoms with Crippen molar-refractivity contribution in [2.24, 2.45) is 7.05 Å². The second-order valence-corrected chi connectivity index (χ2v) is 5.12. The molecule has 9 heteroatoms. The molecule has 22 heavy (non-hydrogen) atoms. The number of carbonyl (C=O) groups is 1. The number of aromatic amines is 1. The Hall–Kier alpha value is -2.97. The third kappa shape index (κ3) is 2.07. The number of nitrogens with zero attached hydrogens (tertiary/aromatic N) is 6. The fourth-order valence-electron chi connectivity index (χ4n) is 2.48. The second kappa shape index (κ2) is 4.79. The summed E-state index contributed by atoms with van der Waals surface area (Å²) >= 11 is 0. The lowest BCUT2D eigenvalue weighted by molar-refractivity contribution is 0.0692. The van der Waals surface area contributed by atoms with Crippen LogP contribution in [0.15, 0.2) is 23.1 Å². The van der Waals surface area contributed by atoms with Crippen LogP contribution >= 0.6 is 0 Å². The molecule has 0 atom stereocenters. The minimum Gasteiger partial charge on any atom is -0.412 e. The molecule has 0 aliphatic carbocycles. The van der Waals surface area contributed by atoms with E-state index in [2.05, 4.69) is 25.3 Å². The number of hydrogen-bond donors (Lipinski definition) is 1. The molecular weight excluding hydrogens is 286 g/mol. The van der Waals surface area contributed by atoms with Gasteiger partial charge in [0.2, 0.25) is 0 Å². The van der Waals surface area contributed by atoms with Gasteiger partial charge >= 0.3 is 11.8 Å². The molecule has 0 saturated heterocycles. The molecule has 0 unspecified atom stereocenters. The SMILES string of the molecule is Cn1cc(-c2nnc(C(=O)N3CCc4nc[nH]c4C3)o2)cn1. The Labute approximate surface area is 125 Å². The summed E-state index contributed by atoms with van der Waals surface area (Å²) in [4.78, 5) is 21.4. The molecule has 0 spiro atoms. The number of rotatable bonds is 2. The van der Waals surface area contributed by atoms with Gasteiger partial charge in [-0.3, -0.25) is 9.48 Å². The molecule has 4 rings (SSSR count). The summed E-state index contributed by atoms with van der Waals surface area (Å²) in [5, 5.41) is 11.8. The van der Waals surface area contributed by atoms with Crippen molar-refractivity contribution in [2.45, 2.75) is 13.0 Å². The van der Waals surface area contributed by atoms with Crippen LogP contribution in [0, 0.1) is 0 Å². The van der Waals surface area contributed by atoms with Gasteiger partial charge in [-0.05, 0) is 0 Å². The van der Waals surface area contributed by atoms with E-state index >= 15 is 0 Å². The van der Waals surface area contributed by atoms with Crippen LogP contribution in [0.5, 0.6) is 0 Å². The fourth-order valence-corrected chi connectivity index (χ4v) is 2.48. The lowest BCUT2D eigenvalue weighted by Crippen LogP contribution is -2.36. The standard InChI is InChI=1S/C13H13N7O2/c1-19-5-8(4-16-19)11-17-18-12(22-11)13(21)20-3-2-9-10(6-20)15-7-14-9/h4-5,7H,2-3,6H2,1H3,(H,14,15). The Morgan fingerprint density at radius 2 is 2.32 bits per heavy atom. The molecule has 0 radical (unpaired) electrons. The zero-order valence-electron chi connectivity index (χ0n) is 11.9. The summed E-state index contributed by atoms with van der Waals surface area (Å²) in [5.74, 6) is 0.000368. The molecule has 0 aromatic carbocycles. The molecule has 1 aliphatic heterocycles. The van der Waals surface area contributed by atoms with E-state index in [1.807, 2.05) is 0 Å². The topological polar surface area (TPSA) is 106 Å². The van der Waals surface area contributed by atoms with E-state index in [9.17, 15) is 4.79 Å². The van der Waals surface area contributed by atoms with Gasteiger partial charge in [-0.15, -0.1) is 10.2 Å². The van der Waals surface area contributed by atoms with Gasteiger partial charge in [-0.2, -0.15) is 5.10 Å². The van der Waals surface area contributed by atoms with Gasteiger partial charge in [0.15, 0.2) is 0 Å². The van der Waals surface area contributed by atoms with Gasteiger partial charge in [0.25, 0.3) is 5.89 Å². The molecule has 1 N–H and O–H groups in total. The number of aryl methyl sites for hydroxylation is 1. The summed E-state index contributed by atoms with van der Waals surface area (Å²) in [6.45, 7) is 1.06. The van der Waals surface area contributed by atoms with Crippen LogP contribution in [0.25, 0.3) is 11.5 Å². The molecule has 4 heterocycles. The number of fused-ring (bicyclic) bond motifs is 1. The van der Waals surface area contributed by atoms with E-state index < -0.39 is 0 Å². The Balaban J connectivity index is 1.55. The van der Waals surface area contributed by atoms with E-state index in [1.54, 1.807) is 35.4 Å². The zero-order chi connectivity index (χ0) is 15.1. The van der Waals surface area contributed by atoms with Crippen molar-refractivity contribution in [1.82, 2.24) is 34.8 Å². The predicted molar refractivity (Wildman–Crippen MR) is 73.5 cm³/mol. The molecule has 3 aromatic rings. The number of amides is 1. The number of aromatic nitrogens is 6. The van der Waals surface area contributed by atoms with Gasteiger partial charge in [-0.1, -0.05) is 0 Å². The first-order chi connectivity index (χ1) is 10.7. The highest BCUT2D eigenvalue weighted by atomic mass is 16.4. The van der Waals surface area contributed by atoms with Gasteiger partial charge in [0.05, 0.1) is 36.0 Å². The third-order valence-electron chi connectivity index (χ3n) is 3.62. The number of hydrogen-bond acceptors (Lipinski definition) is 6. The van der Waals surface area contributed by atoms with Crippen molar-refractivity contribution < 1.29 is 9.21 Å². The monoisotopic (exact) mass is 299 g/mol. The predicted octanol–water partition coefficient (Wildman–Crippen LogP) is 0.392. The fraction of sp³-hybridized carbons (Fsp3) is 0.308. The van der Waals surface area contributed by atoms with Gasteiger partial charge < -0.3 is 14.3 Å². The molecule has 0 saturated carbocycles. The highest BCUT2D eigenvalue weighted by Gasteiger charge is 2.27. The lowest BCUT2D eigenvalue weighted by Gasteiger charge is -2.24. The summed E-state index contributed by atoms with van der Waals surface area (Å²) < 4.78 is 7.11. The van der Waals surface area contributed by atoms with Crippen LogP contribution in [-0.4, -0.2) is 47.3 Å². The molecule has 0 bridgehead atoms. The van der Waals surface area contributed by atoms with Gasteiger partial charge in [0.1, 0.15) is 0 Å². The first-order valence-corrected chi connectivity index (χ1v) is 6.83. The average Bonchev–Trinajstić information content (AvgIpc) is 3.25. The summed E-state index contributed by atoms with van der Waals surface area (Å²) in [6.07, 6.45) is 5.72. The van der Waals surface area contributed by atoms with Crippen molar-refractivity contribution in [3.8, 4) is 11.5 Å². The normalized spacial score (nSPS) is 14.1. The molecule has 1 aliphatic rings. The highest BCUT2D eigenvalue weighted by molar-refractivity contribution is 5.89. The van der Waals surface area contributed by atoms with Crippen molar-refractivity contribution in [3.05, 3.63) is 36.0 Å². The van der Waals surface area contributed by atoms with E-state index in [4.69, 9.17) is 4.42 Å². The van der Waals surface area contributed by atoms with E-state index in [0.29, 0.717) is 25.1 Å². The Morgan fingerprint density at radius 3 is 3.14 bits per heavy atom. The second-order valence-electron chi connectivity index (χ2n) is 5.12. The zero-order valence-corrected chi connectivity index (χ0v) is 11.9. The smallest absolute Gasteiger partial charge is 0.311 e. The maximum absolute atomic E-state index is 12.5. The quantitative estimate of drug-likeness (QED) is 0.734. The van der Waals surface area contributed by atoms with E-state index in [0.717, 1.165) is 11.4 Å². The molecule has 112 valence electrons. The minimum absolute atomic E-state index is 0.0122. The van der Waals surface area contributed by atoms with Gasteiger partial charge in [-0.25, -0.2) is 4.98 Å². The summed E-state index contributed by atoms with van der Waals surface area (Å²) in [5.41, 5.74) is 2.64. The summed E-state index contributed by atoms with van der Waals surface area (Å²) in [7, 11) is 1.79. The van der Waals surface area contributed by atoms with Crippen LogP contribution in [0.3, 0.4) is 0 Å². The van der Waals surface area contributed by atoms with Crippen molar-refractivity contribution in [3.63, 3.8) is 0 Å². The number of carbonyl (C=O) groups excluding carboxylic acids is 1. The Kier molecular flexibility index (Phi) is 2.78. The molecule has 3 aromatic heterocycles. The van der Waals surface area contributed by atoms with E-state index in [1.165, 1.54) is 0 Å². The van der Waals surface area contributed by atoms with Crippen LogP contribution in [0.1, 0.15) is 22.1 Å². The largest absolute Gasteiger partial charge is 0.412 e. The highest BCUT2D eigenvalue weighted by Crippen LogP contribution is 2.20. The van der Waals surface area contributed by atoms with Crippen LogP contribution in [-0.2, 0) is 20.0 Å². The maximum atomic E-state index is 12.5. The first kappa shape index (κ1) is 12.7. The minimum atomic E-state index is -0.275. The maximum Gasteiger partial charge on any atom is 0.311 e. The van der Waals surface area contributed by atoms with Crippen molar-refractivity contribution in [1.29, 1.82) is 0 Å². The van der Waals surface area contributed by atoms with Crippen molar-refractivity contribution in [2.75, 3.05) is 6.54 Å². The lowest BCUT2D eigenvalue weighted by atomic mass is 10.1. The van der Waals surface area contributed by atoms with E-state index in [-0.39, 0.29) is 17.7 Å². The third-order valence-corrected chi connectivity index (χ3v) is 3.62. The van der Waals surface area contributed by atoms with Crippen LogP contribution in [0.4, 0.5) is 0 Å². The first-order valence-electron chi connectivity index (χ1n) is 6.83. The van der Waals surface area contributed by atoms with Crippen LogP contribution < -0.4 is 0 Å². The molecule has 9 nitrogen and oxygen atoms in total. The van der Waals surface area contributed by atoms with Crippen molar-refractivity contribution >= 4 is 5.91 Å². The number of nitrogens with one attached hydrogen (secondary N) is 1. The molecular formula is C13H13N7O2. The number of H-pyrrole nitrogens is 1. The molecule has 0 fully saturated rings. The average molecular weight is 299 g/mol. The Bertz CT molecular complexity index is 831.